The van der Waals surface area contributed by atoms with Crippen molar-refractivity contribution in [2.75, 3.05) is 0 Å². The first-order chi connectivity index (χ1) is 9.51. The number of carboxylic acid groups (broad SMARTS) is 1. The summed E-state index contributed by atoms with van der Waals surface area (Å²) in [6, 6.07) is 0. The quantitative estimate of drug-likeness (QED) is 0.624. The van der Waals surface area contributed by atoms with Gasteiger partial charge in [0.2, 0.25) is 0 Å². The Morgan fingerprint density at radius 1 is 1.10 bits per heavy atom. The molecule has 0 saturated carbocycles. The average molecular weight is 317 g/mol. The van der Waals surface area contributed by atoms with Crippen LogP contribution in [0.25, 0.3) is 0 Å². The first-order valence-electron chi connectivity index (χ1n) is 7.94. The Hall–Kier alpha value is -0.843. The van der Waals surface area contributed by atoms with E-state index in [4.69, 9.17) is 9.53 Å². The fourth-order valence-electron chi connectivity index (χ4n) is 3.87. The molecule has 0 spiro atoms. The average Bonchev–Trinajstić information content (AvgIpc) is 2.31. The number of hydrogen-bond acceptors (Lipinski definition) is 3. The van der Waals surface area contributed by atoms with E-state index in [1.165, 1.54) is 0 Å². The molecule has 0 unspecified atom stereocenters. The van der Waals surface area contributed by atoms with Crippen LogP contribution in [0.1, 0.15) is 74.1 Å². The van der Waals surface area contributed by atoms with E-state index in [0.717, 1.165) is 12.8 Å². The summed E-state index contributed by atoms with van der Waals surface area (Å²) in [5, 5.41) is 8.70. The fourth-order valence-corrected chi connectivity index (χ4v) is 10.2. The van der Waals surface area contributed by atoms with Crippen LogP contribution in [0, 0.1) is 0 Å². The molecular formula is C16H32O4Si. The molecule has 0 aliphatic heterocycles. The third-order valence-corrected chi connectivity index (χ3v) is 10.8. The van der Waals surface area contributed by atoms with Crippen LogP contribution < -0.4 is 0 Å². The number of carbonyl (C=O) groups excluding carboxylic acids is 1. The highest BCUT2D eigenvalue weighted by atomic mass is 28.4. The van der Waals surface area contributed by atoms with E-state index >= 15 is 0 Å². The fraction of sp³-hybridized carbons (Fsp3) is 0.875. The van der Waals surface area contributed by atoms with Gasteiger partial charge in [-0.2, -0.15) is 0 Å². The minimum atomic E-state index is -2.38. The second-order valence-electron chi connectivity index (χ2n) is 7.10. The Balaban J connectivity index is 5.41. The van der Waals surface area contributed by atoms with Gasteiger partial charge in [0.05, 0.1) is 12.8 Å². The van der Waals surface area contributed by atoms with Gasteiger partial charge in [-0.05, 0) is 22.5 Å². The molecule has 124 valence electrons. The highest BCUT2D eigenvalue weighted by molar-refractivity contribution is 6.80. The van der Waals surface area contributed by atoms with Crippen molar-refractivity contribution >= 4 is 20.3 Å². The molecule has 0 bridgehead atoms. The van der Waals surface area contributed by atoms with E-state index < -0.39 is 14.3 Å². The molecule has 1 N–H and O–H groups in total. The summed E-state index contributed by atoms with van der Waals surface area (Å²) in [7, 11) is -2.38. The summed E-state index contributed by atoms with van der Waals surface area (Å²) in [5.41, 5.74) is 0.598. The zero-order chi connectivity index (χ0) is 16.8. The van der Waals surface area contributed by atoms with Crippen molar-refractivity contribution in [1.29, 1.82) is 0 Å². The molecule has 0 aromatic rings. The molecule has 0 saturated heterocycles. The molecule has 0 aliphatic carbocycles. The van der Waals surface area contributed by atoms with Crippen LogP contribution in [-0.4, -0.2) is 25.4 Å². The molecule has 21 heavy (non-hydrogen) atoms. The van der Waals surface area contributed by atoms with Gasteiger partial charge in [-0.15, -0.1) is 0 Å². The zero-order valence-electron chi connectivity index (χ0n) is 14.7. The van der Waals surface area contributed by atoms with Gasteiger partial charge in [-0.25, -0.2) is 0 Å². The monoisotopic (exact) mass is 316 g/mol. The van der Waals surface area contributed by atoms with Crippen molar-refractivity contribution in [3.63, 3.8) is 0 Å². The Bertz CT molecular complexity index is 353. The molecule has 0 radical (unpaired) electrons. The summed E-state index contributed by atoms with van der Waals surface area (Å²) < 4.78 is 6.07. The lowest BCUT2D eigenvalue weighted by Gasteiger charge is -2.49. The molecule has 0 rings (SSSR count). The minimum Gasteiger partial charge on any atom is -0.518 e. The highest BCUT2D eigenvalue weighted by Gasteiger charge is 2.56. The van der Waals surface area contributed by atoms with Crippen molar-refractivity contribution in [2.45, 2.75) is 90.3 Å². The van der Waals surface area contributed by atoms with E-state index in [1.807, 2.05) is 0 Å². The van der Waals surface area contributed by atoms with Gasteiger partial charge in [0, 0.05) is 0 Å². The van der Waals surface area contributed by atoms with Crippen molar-refractivity contribution in [3.8, 4) is 0 Å². The molecule has 0 aliphatic rings. The van der Waals surface area contributed by atoms with Gasteiger partial charge in [0.15, 0.2) is 0 Å². The second kappa shape index (κ2) is 7.97. The summed E-state index contributed by atoms with van der Waals surface area (Å²) in [4.78, 5) is 22.8. The number of carbonyl (C=O) groups is 2. The normalized spacial score (nSPS) is 12.8. The molecule has 0 aromatic heterocycles. The zero-order valence-corrected chi connectivity index (χ0v) is 15.7. The highest BCUT2D eigenvalue weighted by Crippen LogP contribution is 2.53. The topological polar surface area (TPSA) is 63.6 Å². The van der Waals surface area contributed by atoms with Crippen LogP contribution in [0.3, 0.4) is 0 Å². The maximum Gasteiger partial charge on any atom is 0.303 e. The lowest BCUT2D eigenvalue weighted by atomic mass is 10.1. The third-order valence-electron chi connectivity index (χ3n) is 4.47. The van der Waals surface area contributed by atoms with Crippen molar-refractivity contribution < 1.29 is 19.1 Å². The van der Waals surface area contributed by atoms with E-state index in [-0.39, 0.29) is 23.8 Å². The van der Waals surface area contributed by atoms with E-state index in [2.05, 4.69) is 48.5 Å². The first-order valence-corrected chi connectivity index (χ1v) is 10.0. The summed E-state index contributed by atoms with van der Waals surface area (Å²) in [6.07, 6.45) is 1.87. The smallest absolute Gasteiger partial charge is 0.303 e. The Labute approximate surface area is 130 Å². The van der Waals surface area contributed by atoms with Gasteiger partial charge in [0.1, 0.15) is 0 Å². The lowest BCUT2D eigenvalue weighted by molar-refractivity contribution is -0.143. The lowest BCUT2D eigenvalue weighted by Crippen LogP contribution is -2.54. The molecule has 0 atom stereocenters. The summed E-state index contributed by atoms with van der Waals surface area (Å²) in [5.74, 6) is -1.31. The van der Waals surface area contributed by atoms with Crippen LogP contribution in [0.4, 0.5) is 0 Å². The van der Waals surface area contributed by atoms with E-state index in [0.29, 0.717) is 11.1 Å². The number of hydrogen-bond donors (Lipinski definition) is 1. The number of aliphatic carboxylic acids is 1. The van der Waals surface area contributed by atoms with E-state index in [9.17, 15) is 9.59 Å². The SMILES string of the molecule is CCCC(C)(C)[Si](OC(=O)CCC(=O)O)(C(C)C)C(C)C. The third kappa shape index (κ3) is 4.83. The molecule has 0 amide bonds. The van der Waals surface area contributed by atoms with Crippen molar-refractivity contribution in [2.24, 2.45) is 0 Å². The van der Waals surface area contributed by atoms with Crippen molar-refractivity contribution in [1.82, 2.24) is 0 Å². The Morgan fingerprint density at radius 3 is 1.90 bits per heavy atom. The van der Waals surface area contributed by atoms with E-state index in [1.54, 1.807) is 0 Å². The van der Waals surface area contributed by atoms with Crippen molar-refractivity contribution in [3.05, 3.63) is 0 Å². The molecule has 4 nitrogen and oxygen atoms in total. The number of carboxylic acids is 1. The molecule has 0 aromatic carbocycles. The molecule has 0 fully saturated rings. The molecular weight excluding hydrogens is 284 g/mol. The van der Waals surface area contributed by atoms with Crippen LogP contribution in [0.5, 0.6) is 0 Å². The largest absolute Gasteiger partial charge is 0.518 e. The predicted octanol–water partition coefficient (Wildman–Crippen LogP) is 4.74. The number of rotatable bonds is 9. The van der Waals surface area contributed by atoms with Gasteiger partial charge in [-0.1, -0.05) is 54.9 Å². The van der Waals surface area contributed by atoms with Crippen LogP contribution >= 0.6 is 0 Å². The first kappa shape index (κ1) is 20.2. The maximum atomic E-state index is 12.2. The van der Waals surface area contributed by atoms with Gasteiger partial charge in [-0.3, -0.25) is 9.59 Å². The van der Waals surface area contributed by atoms with Gasteiger partial charge in [0.25, 0.3) is 14.3 Å². The molecule has 5 heteroatoms. The van der Waals surface area contributed by atoms with Crippen LogP contribution in [0.2, 0.25) is 16.1 Å². The summed E-state index contributed by atoms with van der Waals surface area (Å²) in [6.45, 7) is 15.1. The molecule has 0 heterocycles. The van der Waals surface area contributed by atoms with Crippen LogP contribution in [0.15, 0.2) is 0 Å². The van der Waals surface area contributed by atoms with Crippen LogP contribution in [-0.2, 0) is 14.0 Å². The van der Waals surface area contributed by atoms with Gasteiger partial charge >= 0.3 is 5.97 Å². The Morgan fingerprint density at radius 2 is 1.57 bits per heavy atom. The standard InChI is InChI=1S/C16H32O4Si/c1-8-11-16(6,7)21(12(2)3,13(4)5)20-15(19)10-9-14(17)18/h12-13H,8-11H2,1-7H3,(H,17,18). The Kier molecular flexibility index (Phi) is 7.65. The summed E-state index contributed by atoms with van der Waals surface area (Å²) >= 11 is 0. The van der Waals surface area contributed by atoms with Gasteiger partial charge < -0.3 is 9.53 Å². The maximum absolute atomic E-state index is 12.2. The minimum absolute atomic E-state index is 0.0248. The second-order valence-corrected chi connectivity index (χ2v) is 12.6. The predicted molar refractivity (Wildman–Crippen MR) is 87.9 cm³/mol.